The summed E-state index contributed by atoms with van der Waals surface area (Å²) < 4.78 is 1.85. The van der Waals surface area contributed by atoms with E-state index in [1.54, 1.807) is 0 Å². The maximum Gasteiger partial charge on any atom is 0.157 e. The quantitative estimate of drug-likeness (QED) is 0.911. The normalized spacial score (nSPS) is 22.9. The molecule has 1 aliphatic rings. The maximum absolute atomic E-state index is 10.2. The molecule has 5 heteroatoms. The number of hydrogen-bond donors (Lipinski definition) is 2. The fourth-order valence-electron chi connectivity index (χ4n) is 2.98. The lowest BCUT2D eigenvalue weighted by Crippen LogP contribution is -2.37. The molecule has 2 aromatic rings. The molecule has 0 bridgehead atoms. The zero-order valence-electron chi connectivity index (χ0n) is 13.0. The van der Waals surface area contributed by atoms with E-state index in [-0.39, 0.29) is 12.1 Å². The van der Waals surface area contributed by atoms with Crippen molar-refractivity contribution in [2.45, 2.75) is 64.5 Å². The molecule has 0 radical (unpaired) electrons. The summed E-state index contributed by atoms with van der Waals surface area (Å²) in [7, 11) is 0. The third-order valence-corrected chi connectivity index (χ3v) is 4.22. The molecular weight excluding hydrogens is 264 g/mol. The van der Waals surface area contributed by atoms with Crippen LogP contribution in [0.1, 0.15) is 56.8 Å². The van der Waals surface area contributed by atoms with E-state index in [0.717, 1.165) is 48.5 Å². The van der Waals surface area contributed by atoms with E-state index in [1.165, 1.54) is 0 Å². The molecule has 0 saturated heterocycles. The van der Waals surface area contributed by atoms with Gasteiger partial charge < -0.3 is 10.4 Å². The first kappa shape index (κ1) is 14.3. The van der Waals surface area contributed by atoms with Gasteiger partial charge in [-0.2, -0.15) is 9.61 Å². The average molecular weight is 288 g/mol. The Morgan fingerprint density at radius 1 is 1.29 bits per heavy atom. The third kappa shape index (κ3) is 2.88. The Labute approximate surface area is 125 Å². The van der Waals surface area contributed by atoms with Crippen molar-refractivity contribution in [3.63, 3.8) is 0 Å². The van der Waals surface area contributed by atoms with Gasteiger partial charge in [0.15, 0.2) is 5.65 Å². The van der Waals surface area contributed by atoms with Crippen LogP contribution in [0.25, 0.3) is 5.65 Å². The summed E-state index contributed by atoms with van der Waals surface area (Å²) in [5.74, 6) is 1.30. The second-order valence-electron chi connectivity index (χ2n) is 6.38. The van der Waals surface area contributed by atoms with Crippen LogP contribution in [0.5, 0.6) is 0 Å². The predicted octanol–water partition coefficient (Wildman–Crippen LogP) is 2.88. The Hall–Kier alpha value is -1.62. The molecule has 0 spiro atoms. The highest BCUT2D eigenvalue weighted by atomic mass is 16.3. The van der Waals surface area contributed by atoms with Crippen LogP contribution in [0.2, 0.25) is 0 Å². The van der Waals surface area contributed by atoms with E-state index < -0.39 is 0 Å². The Morgan fingerprint density at radius 3 is 2.76 bits per heavy atom. The zero-order valence-corrected chi connectivity index (χ0v) is 13.0. The number of hydrogen-bond acceptors (Lipinski definition) is 4. The van der Waals surface area contributed by atoms with Gasteiger partial charge in [-0.3, -0.25) is 0 Å². The first-order valence-corrected chi connectivity index (χ1v) is 7.86. The second kappa shape index (κ2) is 5.64. The SMILES string of the molecule is Cc1cc2nc(C(C)C)cc(N[C@@H]3CCCC[C@H]3O)n2n1. The van der Waals surface area contributed by atoms with Crippen LogP contribution in [0.4, 0.5) is 5.82 Å². The fourth-order valence-corrected chi connectivity index (χ4v) is 2.98. The van der Waals surface area contributed by atoms with Gasteiger partial charge in [0, 0.05) is 17.8 Å². The van der Waals surface area contributed by atoms with Gasteiger partial charge in [-0.1, -0.05) is 26.7 Å². The van der Waals surface area contributed by atoms with Crippen molar-refractivity contribution in [2.24, 2.45) is 0 Å². The first-order chi connectivity index (χ1) is 10.0. The van der Waals surface area contributed by atoms with Crippen molar-refractivity contribution < 1.29 is 5.11 Å². The van der Waals surface area contributed by atoms with Gasteiger partial charge in [0.05, 0.1) is 17.8 Å². The lowest BCUT2D eigenvalue weighted by atomic mass is 9.92. The average Bonchev–Trinajstić information content (AvgIpc) is 2.81. The van der Waals surface area contributed by atoms with Crippen LogP contribution in [-0.4, -0.2) is 31.9 Å². The molecule has 2 aromatic heterocycles. The van der Waals surface area contributed by atoms with Crippen molar-refractivity contribution in [2.75, 3.05) is 5.32 Å². The number of aromatic nitrogens is 3. The monoisotopic (exact) mass is 288 g/mol. The zero-order chi connectivity index (χ0) is 15.0. The van der Waals surface area contributed by atoms with Gasteiger partial charge in [0.25, 0.3) is 0 Å². The molecule has 2 N–H and O–H groups in total. The van der Waals surface area contributed by atoms with Crippen molar-refractivity contribution in [3.8, 4) is 0 Å². The molecule has 2 atom stereocenters. The molecule has 1 aliphatic carbocycles. The van der Waals surface area contributed by atoms with Gasteiger partial charge in [0.1, 0.15) is 5.82 Å². The standard InChI is InChI=1S/C16H24N4O/c1-10(2)13-9-16(17-12-6-4-5-7-14(12)21)20-15(18-13)8-11(3)19-20/h8-10,12,14,17,21H,4-7H2,1-3H3/t12-,14-/m1/s1. The molecule has 0 aromatic carbocycles. The Morgan fingerprint density at radius 2 is 2.05 bits per heavy atom. The van der Waals surface area contributed by atoms with E-state index in [0.29, 0.717) is 5.92 Å². The number of fused-ring (bicyclic) bond motifs is 1. The van der Waals surface area contributed by atoms with Crippen molar-refractivity contribution in [3.05, 3.63) is 23.5 Å². The van der Waals surface area contributed by atoms with Gasteiger partial charge in [0.2, 0.25) is 0 Å². The molecule has 114 valence electrons. The molecule has 3 rings (SSSR count). The lowest BCUT2D eigenvalue weighted by molar-refractivity contribution is 0.116. The van der Waals surface area contributed by atoms with Gasteiger partial charge in [-0.15, -0.1) is 0 Å². The number of nitrogens with one attached hydrogen (secondary N) is 1. The Kier molecular flexibility index (Phi) is 3.85. The van der Waals surface area contributed by atoms with Crippen LogP contribution in [0.15, 0.2) is 12.1 Å². The summed E-state index contributed by atoms with van der Waals surface area (Å²) >= 11 is 0. The smallest absolute Gasteiger partial charge is 0.157 e. The number of rotatable bonds is 3. The van der Waals surface area contributed by atoms with Gasteiger partial charge >= 0.3 is 0 Å². The van der Waals surface area contributed by atoms with E-state index in [4.69, 9.17) is 0 Å². The molecule has 21 heavy (non-hydrogen) atoms. The lowest BCUT2D eigenvalue weighted by Gasteiger charge is -2.29. The topological polar surface area (TPSA) is 62.5 Å². The third-order valence-electron chi connectivity index (χ3n) is 4.22. The highest BCUT2D eigenvalue weighted by Crippen LogP contribution is 2.25. The fraction of sp³-hybridized carbons (Fsp3) is 0.625. The summed E-state index contributed by atoms with van der Waals surface area (Å²) in [6.07, 6.45) is 3.88. The van der Waals surface area contributed by atoms with Gasteiger partial charge in [-0.05, 0) is 25.7 Å². The molecular formula is C16H24N4O. The Bertz CT molecular complexity index is 634. The largest absolute Gasteiger partial charge is 0.391 e. The molecule has 0 amide bonds. The summed E-state index contributed by atoms with van der Waals surface area (Å²) in [6.45, 7) is 6.26. The maximum atomic E-state index is 10.2. The molecule has 1 saturated carbocycles. The van der Waals surface area contributed by atoms with E-state index in [2.05, 4.69) is 35.3 Å². The summed E-state index contributed by atoms with van der Waals surface area (Å²) in [5.41, 5.74) is 2.87. The van der Waals surface area contributed by atoms with Crippen LogP contribution in [0.3, 0.4) is 0 Å². The number of aliphatic hydroxyl groups excluding tert-OH is 1. The number of aliphatic hydroxyl groups is 1. The minimum absolute atomic E-state index is 0.105. The van der Waals surface area contributed by atoms with Crippen LogP contribution in [-0.2, 0) is 0 Å². The van der Waals surface area contributed by atoms with E-state index >= 15 is 0 Å². The second-order valence-corrected chi connectivity index (χ2v) is 6.38. The van der Waals surface area contributed by atoms with E-state index in [9.17, 15) is 5.11 Å². The van der Waals surface area contributed by atoms with Crippen LogP contribution < -0.4 is 5.32 Å². The van der Waals surface area contributed by atoms with Crippen molar-refractivity contribution in [1.29, 1.82) is 0 Å². The summed E-state index contributed by atoms with van der Waals surface area (Å²) in [6, 6.07) is 4.16. The predicted molar refractivity (Wildman–Crippen MR) is 83.7 cm³/mol. The minimum atomic E-state index is -0.277. The first-order valence-electron chi connectivity index (χ1n) is 7.86. The molecule has 1 fully saturated rings. The summed E-state index contributed by atoms with van der Waals surface area (Å²) in [5, 5.41) is 18.2. The van der Waals surface area contributed by atoms with E-state index in [1.807, 2.05) is 17.5 Å². The van der Waals surface area contributed by atoms with Crippen molar-refractivity contribution >= 4 is 11.5 Å². The number of aryl methyl sites for hydroxylation is 1. The number of nitrogens with zero attached hydrogens (tertiary/aromatic N) is 3. The minimum Gasteiger partial charge on any atom is -0.391 e. The van der Waals surface area contributed by atoms with Crippen LogP contribution >= 0.6 is 0 Å². The van der Waals surface area contributed by atoms with Gasteiger partial charge in [-0.25, -0.2) is 4.98 Å². The highest BCUT2D eigenvalue weighted by Gasteiger charge is 2.24. The Balaban J connectivity index is 1.99. The highest BCUT2D eigenvalue weighted by molar-refractivity contribution is 5.51. The molecule has 2 heterocycles. The van der Waals surface area contributed by atoms with Crippen LogP contribution in [0, 0.1) is 6.92 Å². The number of anilines is 1. The molecule has 0 aliphatic heterocycles. The van der Waals surface area contributed by atoms with Crippen molar-refractivity contribution in [1.82, 2.24) is 14.6 Å². The summed E-state index contributed by atoms with van der Waals surface area (Å²) in [4.78, 5) is 4.67. The molecule has 0 unspecified atom stereocenters. The molecule has 5 nitrogen and oxygen atoms in total.